The van der Waals surface area contributed by atoms with Crippen molar-refractivity contribution in [3.63, 3.8) is 0 Å². The van der Waals surface area contributed by atoms with Gasteiger partial charge in [0.1, 0.15) is 4.33 Å². The lowest BCUT2D eigenvalue weighted by Crippen LogP contribution is -2.18. The highest BCUT2D eigenvalue weighted by molar-refractivity contribution is 6.53. The molecule has 1 aliphatic rings. The Hall–Kier alpha value is -2.29. The van der Waals surface area contributed by atoms with E-state index in [-0.39, 0.29) is 22.0 Å². The van der Waals surface area contributed by atoms with E-state index < -0.39 is 45.4 Å². The van der Waals surface area contributed by atoms with E-state index in [4.69, 9.17) is 58.0 Å². The van der Waals surface area contributed by atoms with Gasteiger partial charge in [0.05, 0.1) is 29.3 Å². The van der Waals surface area contributed by atoms with Crippen LogP contribution in [0.3, 0.4) is 0 Å². The minimum Gasteiger partial charge on any atom is -0.491 e. The third kappa shape index (κ3) is 5.22. The highest BCUT2D eigenvalue weighted by Gasteiger charge is 2.67. The number of carbonyl (C=O) groups is 2. The number of benzene rings is 3. The fourth-order valence-corrected chi connectivity index (χ4v) is 5.40. The van der Waals surface area contributed by atoms with Crippen LogP contribution >= 0.6 is 58.0 Å². The lowest BCUT2D eigenvalue weighted by atomic mass is 10.1. The molecule has 0 aliphatic heterocycles. The highest BCUT2D eigenvalue weighted by atomic mass is 35.5. The Morgan fingerprint density at radius 3 is 2.25 bits per heavy atom. The fraction of sp³-hybridized carbons (Fsp3) is 0.167. The van der Waals surface area contributed by atoms with Crippen LogP contribution in [0.15, 0.2) is 48.5 Å². The Morgan fingerprint density at radius 1 is 0.944 bits per heavy atom. The lowest BCUT2D eigenvalue weighted by Gasteiger charge is -2.12. The van der Waals surface area contributed by atoms with E-state index in [2.05, 4.69) is 15.4 Å². The maximum Gasteiger partial charge on any atom is 0.257 e. The summed E-state index contributed by atoms with van der Waals surface area (Å²) in [5.74, 6) is -5.37. The van der Waals surface area contributed by atoms with Crippen molar-refractivity contribution in [2.45, 2.75) is 10.3 Å². The summed E-state index contributed by atoms with van der Waals surface area (Å²) in [6.45, 7) is 0. The van der Waals surface area contributed by atoms with Crippen LogP contribution < -0.4 is 15.4 Å². The zero-order valence-electron chi connectivity index (χ0n) is 18.1. The van der Waals surface area contributed by atoms with Gasteiger partial charge in [0.15, 0.2) is 17.4 Å². The van der Waals surface area contributed by atoms with Crippen LogP contribution in [0, 0.1) is 17.6 Å². The number of alkyl halides is 2. The van der Waals surface area contributed by atoms with E-state index in [9.17, 15) is 18.4 Å². The van der Waals surface area contributed by atoms with Crippen molar-refractivity contribution in [2.75, 3.05) is 17.7 Å². The molecule has 0 spiro atoms. The Kier molecular flexibility index (Phi) is 7.60. The highest BCUT2D eigenvalue weighted by Crippen LogP contribution is 2.65. The van der Waals surface area contributed by atoms with Crippen molar-refractivity contribution in [1.29, 1.82) is 0 Å². The van der Waals surface area contributed by atoms with Crippen molar-refractivity contribution in [3.8, 4) is 5.75 Å². The quantitative estimate of drug-likeness (QED) is 0.287. The van der Waals surface area contributed by atoms with Crippen LogP contribution in [0.5, 0.6) is 5.75 Å². The molecule has 0 saturated heterocycles. The van der Waals surface area contributed by atoms with E-state index in [1.54, 1.807) is 18.2 Å². The predicted molar refractivity (Wildman–Crippen MR) is 138 cm³/mol. The standard InChI is InChI=1S/C24H15Cl5F2N2O3/c1-36-21-16(30)4-5-17(20(21)31)33-22(34)14-9-13(2-3-15(14)27)32-23(35)19-18(24(19,28)29)10-6-11(25)8-12(26)7-10/h2-9,18-19H,1H3,(H,32,35)(H,33,34)/t18-,19+/m0/s1. The van der Waals surface area contributed by atoms with E-state index >= 15 is 0 Å². The third-order valence-corrected chi connectivity index (χ3v) is 7.27. The van der Waals surface area contributed by atoms with Crippen LogP contribution in [0.1, 0.15) is 21.8 Å². The van der Waals surface area contributed by atoms with Crippen molar-refractivity contribution in [2.24, 2.45) is 5.92 Å². The molecular formula is C24H15Cl5F2N2O3. The van der Waals surface area contributed by atoms with Crippen molar-refractivity contribution < 1.29 is 23.1 Å². The molecule has 2 atom stereocenters. The fourth-order valence-electron chi connectivity index (χ4n) is 3.83. The average Bonchev–Trinajstić information content (AvgIpc) is 3.38. The Bertz CT molecular complexity index is 1370. The van der Waals surface area contributed by atoms with Gasteiger partial charge in [-0.3, -0.25) is 9.59 Å². The van der Waals surface area contributed by atoms with Gasteiger partial charge in [-0.05, 0) is 54.1 Å². The van der Waals surface area contributed by atoms with E-state index in [0.29, 0.717) is 15.6 Å². The molecule has 0 radical (unpaired) electrons. The molecular weight excluding hydrogens is 580 g/mol. The van der Waals surface area contributed by atoms with Crippen LogP contribution in [0.2, 0.25) is 15.1 Å². The number of nitrogens with one attached hydrogen (secondary N) is 2. The van der Waals surface area contributed by atoms with E-state index in [1.807, 2.05) is 0 Å². The monoisotopic (exact) mass is 592 g/mol. The van der Waals surface area contributed by atoms with Crippen LogP contribution in [-0.2, 0) is 4.79 Å². The molecule has 36 heavy (non-hydrogen) atoms. The van der Waals surface area contributed by atoms with Crippen molar-refractivity contribution in [1.82, 2.24) is 0 Å². The molecule has 3 aromatic rings. The van der Waals surface area contributed by atoms with Gasteiger partial charge in [0, 0.05) is 21.7 Å². The van der Waals surface area contributed by atoms with Crippen molar-refractivity contribution in [3.05, 3.63) is 86.4 Å². The first kappa shape index (κ1) is 26.8. The van der Waals surface area contributed by atoms with Gasteiger partial charge in [-0.2, -0.15) is 0 Å². The lowest BCUT2D eigenvalue weighted by molar-refractivity contribution is -0.117. The van der Waals surface area contributed by atoms with Gasteiger partial charge < -0.3 is 15.4 Å². The summed E-state index contributed by atoms with van der Waals surface area (Å²) in [7, 11) is 1.10. The molecule has 1 fully saturated rings. The summed E-state index contributed by atoms with van der Waals surface area (Å²) >= 11 is 31.0. The van der Waals surface area contributed by atoms with E-state index in [0.717, 1.165) is 19.2 Å². The first-order valence-electron chi connectivity index (χ1n) is 10.2. The number of amides is 2. The number of anilines is 2. The third-order valence-electron chi connectivity index (χ3n) is 5.56. The zero-order valence-corrected chi connectivity index (χ0v) is 21.9. The second-order valence-electron chi connectivity index (χ2n) is 7.91. The molecule has 2 N–H and O–H groups in total. The number of carbonyl (C=O) groups excluding carboxylic acids is 2. The van der Waals surface area contributed by atoms with E-state index in [1.165, 1.54) is 18.2 Å². The number of hydrogen-bond donors (Lipinski definition) is 2. The average molecular weight is 595 g/mol. The zero-order chi connectivity index (χ0) is 26.4. The Labute approximate surface area is 229 Å². The number of hydrogen-bond acceptors (Lipinski definition) is 3. The minimum absolute atomic E-state index is 0.0295. The molecule has 1 aliphatic carbocycles. The number of methoxy groups -OCH3 is 1. The number of rotatable bonds is 6. The van der Waals surface area contributed by atoms with Gasteiger partial charge >= 0.3 is 0 Å². The molecule has 12 heteroatoms. The second kappa shape index (κ2) is 10.2. The predicted octanol–water partition coefficient (Wildman–Crippen LogP) is 7.71. The normalized spacial score (nSPS) is 17.9. The van der Waals surface area contributed by atoms with Crippen LogP contribution in [0.4, 0.5) is 20.2 Å². The van der Waals surface area contributed by atoms with Crippen molar-refractivity contribution >= 4 is 81.2 Å². The maximum absolute atomic E-state index is 14.4. The second-order valence-corrected chi connectivity index (χ2v) is 10.6. The molecule has 4 rings (SSSR count). The molecule has 5 nitrogen and oxygen atoms in total. The van der Waals surface area contributed by atoms with Gasteiger partial charge in [-0.25, -0.2) is 8.78 Å². The van der Waals surface area contributed by atoms with Gasteiger partial charge in [0.2, 0.25) is 5.91 Å². The molecule has 3 aromatic carbocycles. The smallest absolute Gasteiger partial charge is 0.257 e. The molecule has 1 saturated carbocycles. The number of halogens is 7. The van der Waals surface area contributed by atoms with Gasteiger partial charge in [-0.1, -0.05) is 34.8 Å². The molecule has 0 bridgehead atoms. The van der Waals surface area contributed by atoms with Gasteiger partial charge in [-0.15, -0.1) is 23.2 Å². The summed E-state index contributed by atoms with van der Waals surface area (Å²) in [6, 6.07) is 10.9. The molecule has 188 valence electrons. The number of ether oxygens (including phenoxy) is 1. The summed E-state index contributed by atoms with van der Waals surface area (Å²) in [6.07, 6.45) is 0. The first-order chi connectivity index (χ1) is 16.9. The summed E-state index contributed by atoms with van der Waals surface area (Å²) in [5.41, 5.74) is 0.421. The summed E-state index contributed by atoms with van der Waals surface area (Å²) < 4.78 is 31.4. The molecule has 0 unspecified atom stereocenters. The molecule has 0 heterocycles. The summed E-state index contributed by atoms with van der Waals surface area (Å²) in [5, 5.41) is 5.74. The Morgan fingerprint density at radius 2 is 1.61 bits per heavy atom. The maximum atomic E-state index is 14.4. The largest absolute Gasteiger partial charge is 0.491 e. The molecule has 2 amide bonds. The SMILES string of the molecule is COc1c(F)ccc(NC(=O)c2cc(NC(=O)[C@H]3[C@H](c4cc(Cl)cc(Cl)c4)C3(Cl)Cl)ccc2Cl)c1F. The first-order valence-corrected chi connectivity index (χ1v) is 12.1. The van der Waals surface area contributed by atoms with Gasteiger partial charge in [0.25, 0.3) is 5.91 Å². The topological polar surface area (TPSA) is 67.4 Å². The summed E-state index contributed by atoms with van der Waals surface area (Å²) in [4.78, 5) is 25.8. The molecule has 0 aromatic heterocycles. The minimum atomic E-state index is -1.40. The van der Waals surface area contributed by atoms with Crippen LogP contribution in [-0.4, -0.2) is 23.3 Å². The Balaban J connectivity index is 1.53. The van der Waals surface area contributed by atoms with Crippen LogP contribution in [0.25, 0.3) is 0 Å².